The first-order valence-corrected chi connectivity index (χ1v) is 10.9. The number of hydrogen-bond acceptors (Lipinski definition) is 6. The molecule has 0 spiro atoms. The molecule has 0 aliphatic heterocycles. The first-order valence-electron chi connectivity index (χ1n) is 10.9. The molecule has 0 saturated carbocycles. The van der Waals surface area contributed by atoms with Crippen LogP contribution in [-0.2, 0) is 11.3 Å². The van der Waals surface area contributed by atoms with Crippen LogP contribution in [0.2, 0.25) is 0 Å². The Morgan fingerprint density at radius 1 is 0.886 bits per heavy atom. The summed E-state index contributed by atoms with van der Waals surface area (Å²) in [6.45, 7) is 1.69. The van der Waals surface area contributed by atoms with Gasteiger partial charge in [0.25, 0.3) is 0 Å². The zero-order valence-corrected chi connectivity index (χ0v) is 19.0. The molecule has 0 atom stereocenters. The number of fused-ring (bicyclic) bond motifs is 4. The molecule has 0 fully saturated rings. The van der Waals surface area contributed by atoms with E-state index in [0.717, 1.165) is 5.56 Å². The van der Waals surface area contributed by atoms with Crippen molar-refractivity contribution in [1.29, 1.82) is 0 Å². The van der Waals surface area contributed by atoms with Crippen LogP contribution in [0.15, 0.2) is 60.7 Å². The number of carbonyl (C=O) groups excluding carboxylic acids is 3. The van der Waals surface area contributed by atoms with Gasteiger partial charge in [-0.25, -0.2) is 0 Å². The Bertz CT molecular complexity index is 1550. The summed E-state index contributed by atoms with van der Waals surface area (Å²) in [4.78, 5) is 39.0. The van der Waals surface area contributed by atoms with E-state index < -0.39 is 11.6 Å². The van der Waals surface area contributed by atoms with Crippen molar-refractivity contribution in [2.45, 2.75) is 13.5 Å². The highest BCUT2D eigenvalue weighted by molar-refractivity contribution is 6.35. The highest BCUT2D eigenvalue weighted by Crippen LogP contribution is 2.44. The smallest absolute Gasteiger partial charge is 0.217 e. The van der Waals surface area contributed by atoms with Crippen LogP contribution in [-0.4, -0.2) is 34.8 Å². The van der Waals surface area contributed by atoms with E-state index in [9.17, 15) is 24.6 Å². The molecule has 0 aromatic heterocycles. The van der Waals surface area contributed by atoms with Gasteiger partial charge in [-0.05, 0) is 58.5 Å². The van der Waals surface area contributed by atoms with E-state index in [1.54, 1.807) is 24.3 Å². The van der Waals surface area contributed by atoms with Gasteiger partial charge in [0, 0.05) is 35.5 Å². The number of carbonyl (C=O) groups is 3. The van der Waals surface area contributed by atoms with E-state index in [-0.39, 0.29) is 46.2 Å². The quantitative estimate of drug-likeness (QED) is 0.363. The van der Waals surface area contributed by atoms with E-state index >= 15 is 0 Å². The number of aromatic hydroxyl groups is 2. The number of rotatable bonds is 4. The number of ether oxygens (including phenoxy) is 1. The van der Waals surface area contributed by atoms with Crippen LogP contribution in [0.1, 0.15) is 44.3 Å². The van der Waals surface area contributed by atoms with Gasteiger partial charge in [0.15, 0.2) is 11.6 Å². The van der Waals surface area contributed by atoms with E-state index in [1.807, 2.05) is 6.07 Å². The monoisotopic (exact) mass is 467 g/mol. The van der Waals surface area contributed by atoms with Crippen LogP contribution in [0.25, 0.3) is 21.9 Å². The molecule has 1 aliphatic rings. The molecule has 1 aliphatic carbocycles. The average molecular weight is 467 g/mol. The first kappa shape index (κ1) is 22.2. The second kappa shape index (κ2) is 8.29. The third-order valence-electron chi connectivity index (χ3n) is 6.17. The number of ketones is 2. The zero-order chi connectivity index (χ0) is 24.9. The molecule has 4 aromatic carbocycles. The number of hydrogen-bond donors (Lipinski definition) is 3. The Kier molecular flexibility index (Phi) is 5.25. The summed E-state index contributed by atoms with van der Waals surface area (Å²) >= 11 is 0. The number of amides is 1. The van der Waals surface area contributed by atoms with Gasteiger partial charge in [-0.15, -0.1) is 0 Å². The largest absolute Gasteiger partial charge is 0.508 e. The van der Waals surface area contributed by atoms with Gasteiger partial charge in [0.2, 0.25) is 5.91 Å². The summed E-state index contributed by atoms with van der Waals surface area (Å²) in [7, 11) is 1.48. The van der Waals surface area contributed by atoms with Crippen LogP contribution in [0, 0.1) is 0 Å². The summed E-state index contributed by atoms with van der Waals surface area (Å²) in [5.74, 6) is -0.863. The SMILES string of the molecule is COc1cc(CNC(C)=O)cc2cc(-c3ccc(O)cc3)c3c(c12)C(=O)c1cccc(O)c1C3=O. The van der Waals surface area contributed by atoms with Gasteiger partial charge >= 0.3 is 0 Å². The standard InChI is InChI=1S/C28H21NO6/c1-14(30)29-13-15-10-17-12-20(16-6-8-18(31)9-7-16)25-26(23(17)22(11-15)35-2)27(33)19-4-3-5-21(32)24(19)28(25)34/h3-12,31-32H,13H2,1-2H3,(H,29,30). The Hall–Kier alpha value is -4.65. The maximum absolute atomic E-state index is 13.8. The fraction of sp³-hybridized carbons (Fsp3) is 0.107. The summed E-state index contributed by atoms with van der Waals surface area (Å²) in [6, 6.07) is 16.1. The van der Waals surface area contributed by atoms with Crippen molar-refractivity contribution in [2.75, 3.05) is 7.11 Å². The van der Waals surface area contributed by atoms with Crippen molar-refractivity contribution in [3.8, 4) is 28.4 Å². The third kappa shape index (κ3) is 3.58. The number of nitrogens with one attached hydrogen (secondary N) is 1. The van der Waals surface area contributed by atoms with Gasteiger partial charge in [-0.3, -0.25) is 14.4 Å². The number of methoxy groups -OCH3 is 1. The highest BCUT2D eigenvalue weighted by atomic mass is 16.5. The van der Waals surface area contributed by atoms with Crippen molar-refractivity contribution >= 4 is 28.2 Å². The molecule has 4 aromatic rings. The van der Waals surface area contributed by atoms with Gasteiger partial charge in [0.05, 0.1) is 12.7 Å². The summed E-state index contributed by atoms with van der Waals surface area (Å²) in [6.07, 6.45) is 0. The van der Waals surface area contributed by atoms with Crippen molar-refractivity contribution in [1.82, 2.24) is 5.32 Å². The predicted molar refractivity (Wildman–Crippen MR) is 130 cm³/mol. The van der Waals surface area contributed by atoms with Crippen molar-refractivity contribution in [3.05, 3.63) is 88.5 Å². The van der Waals surface area contributed by atoms with Crippen LogP contribution in [0.5, 0.6) is 17.2 Å². The van der Waals surface area contributed by atoms with Gasteiger partial charge in [-0.1, -0.05) is 24.3 Å². The van der Waals surface area contributed by atoms with E-state index in [4.69, 9.17) is 4.74 Å². The molecular formula is C28H21NO6. The Labute approximate surface area is 200 Å². The minimum absolute atomic E-state index is 0.0365. The summed E-state index contributed by atoms with van der Waals surface area (Å²) < 4.78 is 5.64. The lowest BCUT2D eigenvalue weighted by Crippen LogP contribution is -2.23. The number of benzene rings is 4. The minimum atomic E-state index is -0.470. The molecule has 0 heterocycles. The molecule has 35 heavy (non-hydrogen) atoms. The first-order chi connectivity index (χ1) is 16.8. The lowest BCUT2D eigenvalue weighted by molar-refractivity contribution is -0.119. The molecular weight excluding hydrogens is 446 g/mol. The molecule has 1 amide bonds. The lowest BCUT2D eigenvalue weighted by Gasteiger charge is -2.24. The molecule has 7 heteroatoms. The Morgan fingerprint density at radius 2 is 1.63 bits per heavy atom. The van der Waals surface area contributed by atoms with Gasteiger partial charge < -0.3 is 20.3 Å². The second-order valence-electron chi connectivity index (χ2n) is 8.38. The van der Waals surface area contributed by atoms with E-state index in [2.05, 4.69) is 5.32 Å². The van der Waals surface area contributed by atoms with Gasteiger partial charge in [-0.2, -0.15) is 0 Å². The van der Waals surface area contributed by atoms with Crippen LogP contribution < -0.4 is 10.1 Å². The fourth-order valence-corrected chi connectivity index (χ4v) is 4.61. The average Bonchev–Trinajstić information content (AvgIpc) is 2.84. The Morgan fingerprint density at radius 3 is 2.31 bits per heavy atom. The second-order valence-corrected chi connectivity index (χ2v) is 8.38. The van der Waals surface area contributed by atoms with E-state index in [1.165, 1.54) is 44.4 Å². The molecule has 5 rings (SSSR count). The van der Waals surface area contributed by atoms with Crippen LogP contribution >= 0.6 is 0 Å². The maximum atomic E-state index is 13.8. The molecule has 3 N–H and O–H groups in total. The van der Waals surface area contributed by atoms with Crippen LogP contribution in [0.3, 0.4) is 0 Å². The topological polar surface area (TPSA) is 113 Å². The highest BCUT2D eigenvalue weighted by Gasteiger charge is 2.36. The number of phenols is 2. The molecule has 0 bridgehead atoms. The minimum Gasteiger partial charge on any atom is -0.508 e. The number of phenolic OH excluding ortho intramolecular Hbond substituents is 2. The summed E-state index contributed by atoms with van der Waals surface area (Å²) in [5, 5.41) is 24.1. The predicted octanol–water partition coefficient (Wildman–Crippen LogP) is 4.34. The van der Waals surface area contributed by atoms with Crippen molar-refractivity contribution in [2.24, 2.45) is 0 Å². The van der Waals surface area contributed by atoms with Gasteiger partial charge in [0.1, 0.15) is 17.2 Å². The molecule has 0 saturated heterocycles. The van der Waals surface area contributed by atoms with Crippen molar-refractivity contribution < 1.29 is 29.3 Å². The normalized spacial score (nSPS) is 12.3. The molecule has 174 valence electrons. The Balaban J connectivity index is 1.89. The fourth-order valence-electron chi connectivity index (χ4n) is 4.61. The van der Waals surface area contributed by atoms with Crippen molar-refractivity contribution in [3.63, 3.8) is 0 Å². The third-order valence-corrected chi connectivity index (χ3v) is 6.17. The lowest BCUT2D eigenvalue weighted by atomic mass is 9.77. The summed E-state index contributed by atoms with van der Waals surface area (Å²) in [5.41, 5.74) is 2.30. The molecule has 0 unspecified atom stereocenters. The van der Waals surface area contributed by atoms with E-state index in [0.29, 0.717) is 27.6 Å². The zero-order valence-electron chi connectivity index (χ0n) is 19.0. The molecule has 7 nitrogen and oxygen atoms in total. The van der Waals surface area contributed by atoms with Crippen LogP contribution in [0.4, 0.5) is 0 Å². The molecule has 0 radical (unpaired) electrons. The maximum Gasteiger partial charge on any atom is 0.217 e.